The number of nitrogens with zero attached hydrogens (tertiary/aromatic N) is 3. The highest BCUT2D eigenvalue weighted by Gasteiger charge is 2.29. The van der Waals surface area contributed by atoms with Crippen LogP contribution in [0.15, 0.2) is 72.8 Å². The first-order chi connectivity index (χ1) is 16.1. The number of rotatable bonds is 6. The third-order valence-corrected chi connectivity index (χ3v) is 6.09. The van der Waals surface area contributed by atoms with Crippen molar-refractivity contribution in [2.45, 2.75) is 32.6 Å². The second-order valence-corrected chi connectivity index (χ2v) is 8.16. The summed E-state index contributed by atoms with van der Waals surface area (Å²) in [5.41, 5.74) is 4.85. The van der Waals surface area contributed by atoms with Crippen molar-refractivity contribution in [3.05, 3.63) is 95.1 Å². The molecule has 0 aliphatic carbocycles. The van der Waals surface area contributed by atoms with Crippen LogP contribution in [0, 0.1) is 11.3 Å². The average Bonchev–Trinajstić information content (AvgIpc) is 2.87. The van der Waals surface area contributed by atoms with Crippen LogP contribution in [0.1, 0.15) is 46.8 Å². The van der Waals surface area contributed by atoms with Gasteiger partial charge in [-0.15, -0.1) is 0 Å². The fraction of sp³-hybridized carbons (Fsp3) is 0.250. The van der Waals surface area contributed by atoms with E-state index in [0.717, 1.165) is 35.3 Å². The third kappa shape index (κ3) is 4.80. The number of nitriles is 1. The van der Waals surface area contributed by atoms with Gasteiger partial charge in [0.1, 0.15) is 0 Å². The molecule has 0 unspecified atom stereocenters. The zero-order valence-electron chi connectivity index (χ0n) is 18.8. The summed E-state index contributed by atoms with van der Waals surface area (Å²) in [6.45, 7) is 3.11. The molecule has 0 radical (unpaired) electrons. The maximum absolute atomic E-state index is 13.6. The smallest absolute Gasteiger partial charge is 0.260 e. The molecule has 0 fully saturated rings. The van der Waals surface area contributed by atoms with Gasteiger partial charge in [0, 0.05) is 25.2 Å². The van der Waals surface area contributed by atoms with Crippen molar-refractivity contribution >= 4 is 23.2 Å². The second-order valence-electron chi connectivity index (χ2n) is 8.16. The lowest BCUT2D eigenvalue weighted by atomic mass is 9.96. The van der Waals surface area contributed by atoms with Gasteiger partial charge >= 0.3 is 0 Å². The molecule has 0 atom stereocenters. The van der Waals surface area contributed by atoms with E-state index in [4.69, 9.17) is 5.26 Å². The van der Waals surface area contributed by atoms with Gasteiger partial charge in [-0.25, -0.2) is 0 Å². The van der Waals surface area contributed by atoms with E-state index in [1.807, 2.05) is 67.6 Å². The predicted molar refractivity (Wildman–Crippen MR) is 130 cm³/mol. The zero-order chi connectivity index (χ0) is 23.2. The molecule has 1 aliphatic heterocycles. The quantitative estimate of drug-likeness (QED) is 0.537. The molecular formula is C28H27N3O2. The van der Waals surface area contributed by atoms with Crippen molar-refractivity contribution in [2.75, 3.05) is 22.9 Å². The highest BCUT2D eigenvalue weighted by molar-refractivity contribution is 6.12. The van der Waals surface area contributed by atoms with Crippen LogP contribution in [-0.4, -0.2) is 24.9 Å². The van der Waals surface area contributed by atoms with Crippen LogP contribution in [0.25, 0.3) is 0 Å². The van der Waals surface area contributed by atoms with Gasteiger partial charge < -0.3 is 9.80 Å². The molecule has 1 aliphatic rings. The van der Waals surface area contributed by atoms with Gasteiger partial charge in [-0.1, -0.05) is 42.5 Å². The van der Waals surface area contributed by atoms with Crippen molar-refractivity contribution in [1.82, 2.24) is 0 Å². The Bertz CT molecular complexity index is 1180. The van der Waals surface area contributed by atoms with Crippen LogP contribution in [0.2, 0.25) is 0 Å². The number of anilines is 2. The van der Waals surface area contributed by atoms with Crippen molar-refractivity contribution in [3.8, 4) is 6.07 Å². The van der Waals surface area contributed by atoms with Crippen molar-refractivity contribution < 1.29 is 9.59 Å². The number of amides is 2. The van der Waals surface area contributed by atoms with Gasteiger partial charge in [-0.3, -0.25) is 9.59 Å². The summed E-state index contributed by atoms with van der Waals surface area (Å²) in [6, 6.07) is 24.8. The van der Waals surface area contributed by atoms with E-state index in [1.54, 1.807) is 21.9 Å². The Morgan fingerprint density at radius 3 is 2.45 bits per heavy atom. The van der Waals surface area contributed by atoms with Crippen LogP contribution in [0.4, 0.5) is 11.4 Å². The molecule has 3 aromatic rings. The van der Waals surface area contributed by atoms with Gasteiger partial charge in [0.05, 0.1) is 22.9 Å². The summed E-state index contributed by atoms with van der Waals surface area (Å²) >= 11 is 0. The summed E-state index contributed by atoms with van der Waals surface area (Å²) in [4.78, 5) is 30.5. The van der Waals surface area contributed by atoms with E-state index in [2.05, 4.69) is 6.07 Å². The zero-order valence-corrected chi connectivity index (χ0v) is 18.8. The van der Waals surface area contributed by atoms with Gasteiger partial charge in [0.2, 0.25) is 5.91 Å². The molecule has 0 N–H and O–H groups in total. The van der Waals surface area contributed by atoms with Crippen LogP contribution < -0.4 is 9.80 Å². The first-order valence-electron chi connectivity index (χ1n) is 11.4. The first kappa shape index (κ1) is 22.3. The molecule has 1 heterocycles. The van der Waals surface area contributed by atoms with Crippen molar-refractivity contribution in [1.29, 1.82) is 5.26 Å². The molecule has 3 aromatic carbocycles. The number of carbonyl (C=O) groups excluding carboxylic acids is 2. The van der Waals surface area contributed by atoms with Crippen LogP contribution in [-0.2, 0) is 17.6 Å². The van der Waals surface area contributed by atoms with Gasteiger partial charge in [0.25, 0.3) is 5.91 Å². The van der Waals surface area contributed by atoms with Gasteiger partial charge in [-0.2, -0.15) is 5.26 Å². The van der Waals surface area contributed by atoms with E-state index in [1.165, 1.54) is 0 Å². The minimum atomic E-state index is -0.0904. The number of hydrogen-bond donors (Lipinski definition) is 0. The van der Waals surface area contributed by atoms with E-state index in [0.29, 0.717) is 37.1 Å². The molecule has 5 heteroatoms. The molecule has 0 spiro atoms. The number of aryl methyl sites for hydroxylation is 2. The Morgan fingerprint density at radius 1 is 1.00 bits per heavy atom. The average molecular weight is 438 g/mol. The number of carbonyl (C=O) groups is 2. The molecule has 33 heavy (non-hydrogen) atoms. The monoisotopic (exact) mass is 437 g/mol. The summed E-state index contributed by atoms with van der Waals surface area (Å²) in [7, 11) is 0. The predicted octanol–water partition coefficient (Wildman–Crippen LogP) is 5.14. The van der Waals surface area contributed by atoms with E-state index in [-0.39, 0.29) is 11.8 Å². The normalized spacial score (nSPS) is 12.5. The van der Waals surface area contributed by atoms with Gasteiger partial charge in [-0.05, 0) is 67.6 Å². The standard InChI is InChI=1S/C28H27N3O2/c1-2-30(24-10-4-3-5-11-24)28(33)25-12-6-8-23-9-7-19-31(27(23)25)26(32)18-17-21-13-15-22(20-29)16-14-21/h3-6,8,10-16H,2,7,9,17-19H2,1H3. The number of benzene rings is 3. The molecule has 0 aromatic heterocycles. The highest BCUT2D eigenvalue weighted by Crippen LogP contribution is 2.33. The molecule has 2 amide bonds. The lowest BCUT2D eigenvalue weighted by Gasteiger charge is -2.33. The molecule has 166 valence electrons. The fourth-order valence-corrected chi connectivity index (χ4v) is 4.40. The highest BCUT2D eigenvalue weighted by atomic mass is 16.2. The largest absolute Gasteiger partial charge is 0.311 e. The minimum absolute atomic E-state index is 0.0170. The summed E-state index contributed by atoms with van der Waals surface area (Å²) in [6.07, 6.45) is 2.68. The Kier molecular flexibility index (Phi) is 6.85. The summed E-state index contributed by atoms with van der Waals surface area (Å²) < 4.78 is 0. The molecule has 0 bridgehead atoms. The summed E-state index contributed by atoms with van der Waals surface area (Å²) in [5.74, 6) is -0.0735. The van der Waals surface area contributed by atoms with Crippen LogP contribution >= 0.6 is 0 Å². The van der Waals surface area contributed by atoms with Crippen LogP contribution in [0.3, 0.4) is 0 Å². The summed E-state index contributed by atoms with van der Waals surface area (Å²) in [5, 5.41) is 8.97. The third-order valence-electron chi connectivity index (χ3n) is 6.09. The minimum Gasteiger partial charge on any atom is -0.311 e. The lowest BCUT2D eigenvalue weighted by Crippen LogP contribution is -2.39. The Labute approximate surface area is 194 Å². The van der Waals surface area contributed by atoms with Crippen molar-refractivity contribution in [2.24, 2.45) is 0 Å². The molecular weight excluding hydrogens is 410 g/mol. The number of fused-ring (bicyclic) bond motifs is 1. The number of para-hydroxylation sites is 2. The SMILES string of the molecule is CCN(C(=O)c1cccc2c1N(C(=O)CCc1ccc(C#N)cc1)CCC2)c1ccccc1. The Balaban J connectivity index is 1.59. The molecule has 0 saturated heterocycles. The number of hydrogen-bond acceptors (Lipinski definition) is 3. The topological polar surface area (TPSA) is 64.4 Å². The maximum atomic E-state index is 13.6. The second kappa shape index (κ2) is 10.1. The fourth-order valence-electron chi connectivity index (χ4n) is 4.40. The molecule has 4 rings (SSSR count). The Morgan fingerprint density at radius 2 is 1.76 bits per heavy atom. The van der Waals surface area contributed by atoms with Crippen molar-refractivity contribution in [3.63, 3.8) is 0 Å². The molecule has 5 nitrogen and oxygen atoms in total. The molecule has 0 saturated carbocycles. The van der Waals surface area contributed by atoms with E-state index >= 15 is 0 Å². The lowest BCUT2D eigenvalue weighted by molar-refractivity contribution is -0.118. The van der Waals surface area contributed by atoms with E-state index in [9.17, 15) is 9.59 Å². The maximum Gasteiger partial charge on any atom is 0.260 e. The van der Waals surface area contributed by atoms with Gasteiger partial charge in [0.15, 0.2) is 0 Å². The van der Waals surface area contributed by atoms with Crippen LogP contribution in [0.5, 0.6) is 0 Å². The first-order valence-corrected chi connectivity index (χ1v) is 11.4. The Hall–Kier alpha value is -3.91. The van der Waals surface area contributed by atoms with E-state index < -0.39 is 0 Å².